The van der Waals surface area contributed by atoms with E-state index in [1.807, 2.05) is 0 Å². The normalized spacial score (nSPS) is 10.5. The minimum absolute atomic E-state index is 0.354. The van der Waals surface area contributed by atoms with E-state index in [1.54, 1.807) is 19.1 Å². The van der Waals surface area contributed by atoms with Crippen molar-refractivity contribution in [2.24, 2.45) is 0 Å². The fourth-order valence-corrected chi connectivity index (χ4v) is 1.78. The molecule has 0 amide bonds. The predicted molar refractivity (Wildman–Crippen MR) is 66.1 cm³/mol. The molecule has 5 heteroatoms. The van der Waals surface area contributed by atoms with Crippen LogP contribution in [0.25, 0.3) is 0 Å². The van der Waals surface area contributed by atoms with Gasteiger partial charge in [0.25, 0.3) is 5.56 Å². The first kappa shape index (κ1) is 13.1. The summed E-state index contributed by atoms with van der Waals surface area (Å²) in [5, 5.41) is 0. The number of ketones is 1. The van der Waals surface area contributed by atoms with Gasteiger partial charge in [0, 0.05) is 11.8 Å². The first-order chi connectivity index (χ1) is 9.00. The molecule has 0 aliphatic rings. The molecular weight excluding hydrogens is 252 g/mol. The number of aryl methyl sites for hydroxylation is 1. The Morgan fingerprint density at radius 2 is 1.79 bits per heavy atom. The number of benzene rings is 1. The van der Waals surface area contributed by atoms with E-state index in [1.165, 1.54) is 12.3 Å². The van der Waals surface area contributed by atoms with Crippen LogP contribution in [0, 0.1) is 18.6 Å². The first-order valence-corrected chi connectivity index (χ1v) is 5.64. The Morgan fingerprint density at radius 3 is 2.42 bits per heavy atom. The number of carbonyl (C=O) groups is 1. The zero-order valence-electron chi connectivity index (χ0n) is 10.2. The molecule has 1 heterocycles. The van der Waals surface area contributed by atoms with Crippen LogP contribution in [0.1, 0.15) is 15.9 Å². The van der Waals surface area contributed by atoms with Crippen molar-refractivity contribution < 1.29 is 13.6 Å². The Bertz CT molecular complexity index is 672. The lowest BCUT2D eigenvalue weighted by Crippen LogP contribution is -2.25. The van der Waals surface area contributed by atoms with Crippen LogP contribution >= 0.6 is 0 Å². The third-order valence-electron chi connectivity index (χ3n) is 2.77. The van der Waals surface area contributed by atoms with Gasteiger partial charge in [-0.05, 0) is 25.1 Å². The summed E-state index contributed by atoms with van der Waals surface area (Å²) < 4.78 is 28.0. The molecule has 1 aromatic carbocycles. The minimum atomic E-state index is -0.925. The molecule has 0 aliphatic heterocycles. The van der Waals surface area contributed by atoms with Crippen LogP contribution in [-0.2, 0) is 6.54 Å². The highest BCUT2D eigenvalue weighted by Gasteiger charge is 2.17. The molecule has 0 fully saturated rings. The highest BCUT2D eigenvalue weighted by molar-refractivity contribution is 5.96. The number of halogens is 2. The maximum absolute atomic E-state index is 13.4. The lowest BCUT2D eigenvalue weighted by Gasteiger charge is -2.07. The highest BCUT2D eigenvalue weighted by Crippen LogP contribution is 2.13. The molecule has 98 valence electrons. The molecule has 19 heavy (non-hydrogen) atoms. The van der Waals surface area contributed by atoms with Crippen LogP contribution in [0.2, 0.25) is 0 Å². The molecule has 0 bridgehead atoms. The van der Waals surface area contributed by atoms with Crippen LogP contribution in [0.15, 0.2) is 41.3 Å². The third-order valence-corrected chi connectivity index (χ3v) is 2.77. The molecule has 2 rings (SSSR count). The Kier molecular flexibility index (Phi) is 3.55. The monoisotopic (exact) mass is 263 g/mol. The van der Waals surface area contributed by atoms with Crippen molar-refractivity contribution in [1.82, 2.24) is 4.57 Å². The number of Topliss-reactive ketones (excluding diaryl/α,β-unsaturated/α-hetero) is 1. The number of hydrogen-bond acceptors (Lipinski definition) is 2. The van der Waals surface area contributed by atoms with Gasteiger partial charge < -0.3 is 4.57 Å². The minimum Gasteiger partial charge on any atom is -0.307 e. The molecule has 0 atom stereocenters. The van der Waals surface area contributed by atoms with E-state index in [9.17, 15) is 18.4 Å². The second-order valence-electron chi connectivity index (χ2n) is 4.14. The Balaban J connectivity index is 2.37. The average Bonchev–Trinajstić information content (AvgIpc) is 2.35. The maximum Gasteiger partial charge on any atom is 0.253 e. The van der Waals surface area contributed by atoms with E-state index in [0.29, 0.717) is 5.56 Å². The second-order valence-corrected chi connectivity index (χ2v) is 4.14. The molecule has 0 spiro atoms. The van der Waals surface area contributed by atoms with E-state index in [-0.39, 0.29) is 5.56 Å². The molecule has 1 aromatic heterocycles. The van der Waals surface area contributed by atoms with Gasteiger partial charge in [-0.25, -0.2) is 8.78 Å². The molecular formula is C14H11F2NO2. The molecule has 0 aliphatic carbocycles. The predicted octanol–water partition coefficient (Wildman–Crippen LogP) is 2.32. The second kappa shape index (κ2) is 5.14. The summed E-state index contributed by atoms with van der Waals surface area (Å²) in [6.45, 7) is 1.21. The van der Waals surface area contributed by atoms with E-state index in [2.05, 4.69) is 0 Å². The summed E-state index contributed by atoms with van der Waals surface area (Å²) in [5.74, 6) is -2.63. The highest BCUT2D eigenvalue weighted by atomic mass is 19.1. The zero-order chi connectivity index (χ0) is 14.0. The van der Waals surface area contributed by atoms with Gasteiger partial charge in [0.05, 0.1) is 12.1 Å². The Morgan fingerprint density at radius 1 is 1.16 bits per heavy atom. The molecule has 0 saturated carbocycles. The quantitative estimate of drug-likeness (QED) is 0.797. The average molecular weight is 263 g/mol. The summed E-state index contributed by atoms with van der Waals surface area (Å²) in [6.07, 6.45) is 1.41. The van der Waals surface area contributed by atoms with Crippen LogP contribution < -0.4 is 5.56 Å². The fourth-order valence-electron chi connectivity index (χ4n) is 1.78. The molecule has 0 saturated heterocycles. The topological polar surface area (TPSA) is 39.1 Å². The number of carbonyl (C=O) groups excluding carboxylic acids is 1. The first-order valence-electron chi connectivity index (χ1n) is 5.64. The molecule has 3 nitrogen and oxygen atoms in total. The Hall–Kier alpha value is -2.30. The smallest absolute Gasteiger partial charge is 0.253 e. The third kappa shape index (κ3) is 2.59. The summed E-state index contributed by atoms with van der Waals surface area (Å²) in [4.78, 5) is 23.6. The largest absolute Gasteiger partial charge is 0.307 e. The van der Waals surface area contributed by atoms with Gasteiger partial charge >= 0.3 is 0 Å². The van der Waals surface area contributed by atoms with Crippen LogP contribution in [0.4, 0.5) is 8.78 Å². The van der Waals surface area contributed by atoms with Crippen LogP contribution in [-0.4, -0.2) is 10.4 Å². The summed E-state index contributed by atoms with van der Waals surface area (Å²) in [5.41, 5.74) is -0.507. The van der Waals surface area contributed by atoms with Gasteiger partial charge in [-0.3, -0.25) is 9.59 Å². The van der Waals surface area contributed by atoms with Gasteiger partial charge in [-0.2, -0.15) is 0 Å². The van der Waals surface area contributed by atoms with E-state index < -0.39 is 29.5 Å². The standard InChI is InChI=1S/C14H11F2NO2/c1-9-4-3-7-17(14(9)19)8-12(18)13-10(15)5-2-6-11(13)16/h2-7H,8H2,1H3. The van der Waals surface area contributed by atoms with Gasteiger partial charge in [-0.1, -0.05) is 12.1 Å². The number of aromatic nitrogens is 1. The van der Waals surface area contributed by atoms with Crippen LogP contribution in [0.5, 0.6) is 0 Å². The van der Waals surface area contributed by atoms with Crippen molar-refractivity contribution in [1.29, 1.82) is 0 Å². The summed E-state index contributed by atoms with van der Waals surface area (Å²) in [6, 6.07) is 6.40. The van der Waals surface area contributed by atoms with Crippen molar-refractivity contribution in [3.05, 3.63) is 69.6 Å². The van der Waals surface area contributed by atoms with E-state index in [0.717, 1.165) is 16.7 Å². The molecule has 0 N–H and O–H groups in total. The SMILES string of the molecule is Cc1cccn(CC(=O)c2c(F)cccc2F)c1=O. The molecule has 0 radical (unpaired) electrons. The summed E-state index contributed by atoms with van der Waals surface area (Å²) >= 11 is 0. The van der Waals surface area contributed by atoms with Crippen molar-refractivity contribution >= 4 is 5.78 Å². The molecule has 2 aromatic rings. The van der Waals surface area contributed by atoms with Crippen molar-refractivity contribution in [2.45, 2.75) is 13.5 Å². The fraction of sp³-hybridized carbons (Fsp3) is 0.143. The van der Waals surface area contributed by atoms with Crippen molar-refractivity contribution in [3.8, 4) is 0 Å². The lowest BCUT2D eigenvalue weighted by atomic mass is 10.1. The number of hydrogen-bond donors (Lipinski definition) is 0. The van der Waals surface area contributed by atoms with Crippen molar-refractivity contribution in [3.63, 3.8) is 0 Å². The van der Waals surface area contributed by atoms with Crippen molar-refractivity contribution in [2.75, 3.05) is 0 Å². The van der Waals surface area contributed by atoms with Crippen LogP contribution in [0.3, 0.4) is 0 Å². The zero-order valence-corrected chi connectivity index (χ0v) is 10.2. The number of rotatable bonds is 3. The number of nitrogens with zero attached hydrogens (tertiary/aromatic N) is 1. The maximum atomic E-state index is 13.4. The van der Waals surface area contributed by atoms with Gasteiger partial charge in [-0.15, -0.1) is 0 Å². The molecule has 0 unspecified atom stereocenters. The van der Waals surface area contributed by atoms with Gasteiger partial charge in [0.2, 0.25) is 0 Å². The Labute approximate surface area is 108 Å². The van der Waals surface area contributed by atoms with E-state index in [4.69, 9.17) is 0 Å². The lowest BCUT2D eigenvalue weighted by molar-refractivity contribution is 0.0962. The van der Waals surface area contributed by atoms with Gasteiger partial charge in [0.1, 0.15) is 11.6 Å². The van der Waals surface area contributed by atoms with E-state index >= 15 is 0 Å². The summed E-state index contributed by atoms with van der Waals surface area (Å²) in [7, 11) is 0. The number of pyridine rings is 1. The van der Waals surface area contributed by atoms with Gasteiger partial charge in [0.15, 0.2) is 5.78 Å².